The Morgan fingerprint density at radius 2 is 1.92 bits per heavy atom. The van der Waals surface area contributed by atoms with E-state index in [1.807, 2.05) is 48.2 Å². The third-order valence-corrected chi connectivity index (χ3v) is 4.71. The number of urea groups is 1. The smallest absolute Gasteiger partial charge is 0.315 e. The van der Waals surface area contributed by atoms with E-state index in [0.29, 0.717) is 6.54 Å². The van der Waals surface area contributed by atoms with Crippen molar-refractivity contribution in [3.05, 3.63) is 29.8 Å². The number of nitrogens with zero attached hydrogens (tertiary/aromatic N) is 2. The van der Waals surface area contributed by atoms with Gasteiger partial charge in [-0.2, -0.15) is 0 Å². The Labute approximate surface area is 150 Å². The molecule has 1 heterocycles. The van der Waals surface area contributed by atoms with Crippen LogP contribution in [0.3, 0.4) is 0 Å². The van der Waals surface area contributed by atoms with Crippen LogP contribution in [0.15, 0.2) is 24.3 Å². The molecular formula is C19H30N4O2. The van der Waals surface area contributed by atoms with Gasteiger partial charge < -0.3 is 20.4 Å². The van der Waals surface area contributed by atoms with Gasteiger partial charge >= 0.3 is 6.03 Å². The number of amides is 3. The number of carbonyl (C=O) groups is 2. The van der Waals surface area contributed by atoms with E-state index in [0.717, 1.165) is 30.6 Å². The SMILES string of the molecule is C[C@@H]1CCCCN1C(=O)[C@@H](C)NC(=O)NCc1ccc(N(C)C)cc1. The molecule has 2 N–H and O–H groups in total. The summed E-state index contributed by atoms with van der Waals surface area (Å²) in [7, 11) is 3.98. The summed E-state index contributed by atoms with van der Waals surface area (Å²) < 4.78 is 0. The maximum atomic E-state index is 12.5. The molecule has 25 heavy (non-hydrogen) atoms. The highest BCUT2D eigenvalue weighted by molar-refractivity contribution is 5.87. The Morgan fingerprint density at radius 1 is 1.24 bits per heavy atom. The molecule has 0 aromatic heterocycles. The van der Waals surface area contributed by atoms with Crippen molar-refractivity contribution in [2.24, 2.45) is 0 Å². The molecule has 1 aromatic rings. The summed E-state index contributed by atoms with van der Waals surface area (Å²) in [6.07, 6.45) is 3.24. The fourth-order valence-corrected chi connectivity index (χ4v) is 3.08. The lowest BCUT2D eigenvalue weighted by Gasteiger charge is -2.35. The second-order valence-electron chi connectivity index (χ2n) is 6.99. The van der Waals surface area contributed by atoms with Crippen molar-refractivity contribution >= 4 is 17.6 Å². The fourth-order valence-electron chi connectivity index (χ4n) is 3.08. The van der Waals surface area contributed by atoms with Gasteiger partial charge in [0.15, 0.2) is 0 Å². The zero-order valence-electron chi connectivity index (χ0n) is 15.7. The van der Waals surface area contributed by atoms with Crippen LogP contribution < -0.4 is 15.5 Å². The zero-order chi connectivity index (χ0) is 18.4. The molecule has 138 valence electrons. The molecule has 1 aliphatic rings. The maximum absolute atomic E-state index is 12.5. The summed E-state index contributed by atoms with van der Waals surface area (Å²) in [6, 6.07) is 7.42. The second-order valence-corrected chi connectivity index (χ2v) is 6.99. The Bertz CT molecular complexity index is 586. The van der Waals surface area contributed by atoms with Crippen LogP contribution in [-0.2, 0) is 11.3 Å². The van der Waals surface area contributed by atoms with Crippen LogP contribution in [0.5, 0.6) is 0 Å². The number of hydrogen-bond donors (Lipinski definition) is 2. The standard InChI is InChI=1S/C19H30N4O2/c1-14-7-5-6-12-23(14)18(24)15(2)21-19(25)20-13-16-8-10-17(11-9-16)22(3)4/h8-11,14-15H,5-7,12-13H2,1-4H3,(H2,20,21,25)/t14-,15-/m1/s1. The third-order valence-electron chi connectivity index (χ3n) is 4.71. The minimum absolute atomic E-state index is 0.00214. The van der Waals surface area contributed by atoms with Crippen molar-refractivity contribution in [2.45, 2.75) is 51.7 Å². The molecule has 0 spiro atoms. The number of likely N-dealkylation sites (tertiary alicyclic amines) is 1. The van der Waals surface area contributed by atoms with E-state index < -0.39 is 6.04 Å². The Kier molecular flexibility index (Phi) is 6.67. The van der Waals surface area contributed by atoms with Crippen molar-refractivity contribution in [3.63, 3.8) is 0 Å². The normalized spacial score (nSPS) is 18.4. The van der Waals surface area contributed by atoms with Gasteiger partial charge in [-0.1, -0.05) is 12.1 Å². The average Bonchev–Trinajstić information content (AvgIpc) is 2.60. The topological polar surface area (TPSA) is 64.7 Å². The first kappa shape index (κ1) is 19.1. The number of anilines is 1. The van der Waals surface area contributed by atoms with E-state index in [1.54, 1.807) is 6.92 Å². The summed E-state index contributed by atoms with van der Waals surface area (Å²) in [6.45, 7) is 5.03. The van der Waals surface area contributed by atoms with E-state index in [4.69, 9.17) is 0 Å². The fraction of sp³-hybridized carbons (Fsp3) is 0.579. The monoisotopic (exact) mass is 346 g/mol. The largest absolute Gasteiger partial charge is 0.378 e. The molecular weight excluding hydrogens is 316 g/mol. The third kappa shape index (κ3) is 5.37. The molecule has 3 amide bonds. The van der Waals surface area contributed by atoms with Gasteiger partial charge in [0, 0.05) is 38.9 Å². The maximum Gasteiger partial charge on any atom is 0.315 e. The van der Waals surface area contributed by atoms with Crippen LogP contribution in [0.2, 0.25) is 0 Å². The molecule has 2 atom stereocenters. The zero-order valence-corrected chi connectivity index (χ0v) is 15.7. The van der Waals surface area contributed by atoms with Crippen LogP contribution >= 0.6 is 0 Å². The number of rotatable bonds is 5. The van der Waals surface area contributed by atoms with E-state index in [9.17, 15) is 9.59 Å². The molecule has 0 bridgehead atoms. The summed E-state index contributed by atoms with van der Waals surface area (Å²) in [5, 5.41) is 5.56. The molecule has 0 saturated carbocycles. The lowest BCUT2D eigenvalue weighted by Crippen LogP contribution is -2.53. The molecule has 0 aliphatic carbocycles. The molecule has 1 aromatic carbocycles. The van der Waals surface area contributed by atoms with E-state index in [2.05, 4.69) is 17.6 Å². The molecule has 2 rings (SSSR count). The molecule has 0 unspecified atom stereocenters. The highest BCUT2D eigenvalue weighted by Gasteiger charge is 2.27. The van der Waals surface area contributed by atoms with Gasteiger partial charge in [0.05, 0.1) is 0 Å². The lowest BCUT2D eigenvalue weighted by molar-refractivity contribution is -0.136. The summed E-state index contributed by atoms with van der Waals surface area (Å²) >= 11 is 0. The molecule has 6 heteroatoms. The van der Waals surface area contributed by atoms with Crippen molar-refractivity contribution in [2.75, 3.05) is 25.5 Å². The minimum atomic E-state index is -0.517. The second kappa shape index (κ2) is 8.74. The number of hydrogen-bond acceptors (Lipinski definition) is 3. The van der Waals surface area contributed by atoms with Gasteiger partial charge in [0.25, 0.3) is 0 Å². The Morgan fingerprint density at radius 3 is 2.52 bits per heavy atom. The van der Waals surface area contributed by atoms with Crippen molar-refractivity contribution < 1.29 is 9.59 Å². The molecule has 1 fully saturated rings. The van der Waals surface area contributed by atoms with E-state index in [-0.39, 0.29) is 18.0 Å². The Balaban J connectivity index is 1.79. The molecule has 1 aliphatic heterocycles. The minimum Gasteiger partial charge on any atom is -0.378 e. The number of benzene rings is 1. The number of nitrogens with one attached hydrogen (secondary N) is 2. The quantitative estimate of drug-likeness (QED) is 0.860. The average molecular weight is 346 g/mol. The highest BCUT2D eigenvalue weighted by atomic mass is 16.2. The van der Waals surface area contributed by atoms with Crippen LogP contribution in [0, 0.1) is 0 Å². The number of piperidine rings is 1. The van der Waals surface area contributed by atoms with Crippen LogP contribution in [-0.4, -0.2) is 49.6 Å². The van der Waals surface area contributed by atoms with Gasteiger partial charge in [-0.15, -0.1) is 0 Å². The van der Waals surface area contributed by atoms with Crippen molar-refractivity contribution in [1.29, 1.82) is 0 Å². The van der Waals surface area contributed by atoms with Gasteiger partial charge in [0.2, 0.25) is 5.91 Å². The lowest BCUT2D eigenvalue weighted by atomic mass is 10.0. The first-order valence-corrected chi connectivity index (χ1v) is 8.99. The van der Waals surface area contributed by atoms with E-state index >= 15 is 0 Å². The van der Waals surface area contributed by atoms with Crippen molar-refractivity contribution in [1.82, 2.24) is 15.5 Å². The predicted molar refractivity (Wildman–Crippen MR) is 101 cm³/mol. The van der Waals surface area contributed by atoms with Crippen molar-refractivity contribution in [3.8, 4) is 0 Å². The Hall–Kier alpha value is -2.24. The van der Waals surface area contributed by atoms with Crippen LogP contribution in [0.1, 0.15) is 38.7 Å². The number of carbonyl (C=O) groups excluding carboxylic acids is 2. The van der Waals surface area contributed by atoms with Gasteiger partial charge in [0.1, 0.15) is 6.04 Å². The molecule has 6 nitrogen and oxygen atoms in total. The molecule has 1 saturated heterocycles. The summed E-state index contributed by atoms with van der Waals surface area (Å²) in [4.78, 5) is 28.5. The predicted octanol–water partition coefficient (Wildman–Crippen LogP) is 2.34. The van der Waals surface area contributed by atoms with E-state index in [1.165, 1.54) is 6.42 Å². The van der Waals surface area contributed by atoms with Gasteiger partial charge in [-0.3, -0.25) is 4.79 Å². The van der Waals surface area contributed by atoms with Crippen LogP contribution in [0.25, 0.3) is 0 Å². The first-order chi connectivity index (χ1) is 11.9. The molecule has 0 radical (unpaired) electrons. The highest BCUT2D eigenvalue weighted by Crippen LogP contribution is 2.17. The first-order valence-electron chi connectivity index (χ1n) is 8.99. The van der Waals surface area contributed by atoms with Crippen LogP contribution in [0.4, 0.5) is 10.5 Å². The summed E-state index contributed by atoms with van der Waals surface area (Å²) in [5.41, 5.74) is 2.13. The van der Waals surface area contributed by atoms with Gasteiger partial charge in [-0.05, 0) is 50.8 Å². The van der Waals surface area contributed by atoms with Gasteiger partial charge in [-0.25, -0.2) is 4.79 Å². The summed E-state index contributed by atoms with van der Waals surface area (Å²) in [5.74, 6) is -0.00214.